The van der Waals surface area contributed by atoms with Crippen LogP contribution in [0.15, 0.2) is 63.1 Å². The molecule has 0 aliphatic rings. The van der Waals surface area contributed by atoms with Gasteiger partial charge >= 0.3 is 5.97 Å². The fraction of sp³-hybridized carbons (Fsp3) is 0.429. The summed E-state index contributed by atoms with van der Waals surface area (Å²) in [4.78, 5) is 14.6. The second kappa shape index (κ2) is 19.3. The van der Waals surface area contributed by atoms with Gasteiger partial charge in [0.2, 0.25) is 0 Å². The Kier molecular flexibility index (Phi) is 17.8. The number of ether oxygens (including phenoxy) is 1. The molecule has 0 amide bonds. The van der Waals surface area contributed by atoms with E-state index in [1.165, 1.54) is 31.6 Å². The van der Waals surface area contributed by atoms with Crippen LogP contribution < -0.4 is 5.73 Å². The number of carbonyl (C=O) groups is 1. The average Bonchev–Trinajstić information content (AvgIpc) is 2.92. The first kappa shape index (κ1) is 34.1. The van der Waals surface area contributed by atoms with Gasteiger partial charge in [-0.1, -0.05) is 45.0 Å². The number of amidine groups is 1. The molecule has 0 aromatic heterocycles. The number of aliphatic hydroxyl groups excluding tert-OH is 2. The van der Waals surface area contributed by atoms with Crippen LogP contribution in [0.1, 0.15) is 57.5 Å². The second-order valence-corrected chi connectivity index (χ2v) is 8.51. The zero-order chi connectivity index (χ0) is 28.4. The van der Waals surface area contributed by atoms with Crippen molar-refractivity contribution in [3.63, 3.8) is 0 Å². The molecular weight excluding hydrogens is 490 g/mol. The van der Waals surface area contributed by atoms with Crippen molar-refractivity contribution in [3.8, 4) is 11.1 Å². The van der Waals surface area contributed by atoms with Crippen molar-refractivity contribution < 1.29 is 24.9 Å². The van der Waals surface area contributed by atoms with Gasteiger partial charge in [-0.15, -0.1) is 0 Å². The first-order chi connectivity index (χ1) is 17.7. The number of nitrogens with zero attached hydrogens (tertiary/aromatic N) is 2. The van der Waals surface area contributed by atoms with E-state index >= 15 is 0 Å². The Morgan fingerprint density at radius 2 is 1.57 bits per heavy atom. The van der Waals surface area contributed by atoms with Crippen LogP contribution in [0, 0.1) is 0 Å². The van der Waals surface area contributed by atoms with Crippen molar-refractivity contribution in [1.82, 2.24) is 4.90 Å². The molecule has 2 aromatic carbocycles. The molecule has 37 heavy (non-hydrogen) atoms. The largest absolute Gasteiger partial charge is 0.512 e. The minimum absolute atomic E-state index is 0.124. The summed E-state index contributed by atoms with van der Waals surface area (Å²) in [6.07, 6.45) is 0. The van der Waals surface area contributed by atoms with Gasteiger partial charge in [-0.2, -0.15) is 4.40 Å². The molecular formula is C28H43N3O5S. The number of nitrogens with two attached hydrogens (primary N) is 1. The van der Waals surface area contributed by atoms with Gasteiger partial charge in [-0.25, -0.2) is 4.79 Å². The zero-order valence-corrected chi connectivity index (χ0v) is 23.9. The van der Waals surface area contributed by atoms with Crippen molar-refractivity contribution >= 4 is 23.8 Å². The number of allylic oxidation sites excluding steroid dienone is 1. The summed E-state index contributed by atoms with van der Waals surface area (Å²) in [5.74, 6) is -0.611. The third-order valence-electron chi connectivity index (χ3n) is 5.50. The van der Waals surface area contributed by atoms with Gasteiger partial charge in [0.1, 0.15) is 5.84 Å². The first-order valence-corrected chi connectivity index (χ1v) is 13.0. The third-order valence-corrected chi connectivity index (χ3v) is 6.34. The van der Waals surface area contributed by atoms with E-state index in [9.17, 15) is 15.0 Å². The molecule has 0 bridgehead atoms. The Morgan fingerprint density at radius 3 is 2.05 bits per heavy atom. The fourth-order valence-electron chi connectivity index (χ4n) is 3.11. The molecule has 0 atom stereocenters. The number of carboxylic acids is 1. The maximum Gasteiger partial charge on any atom is 0.335 e. The lowest BCUT2D eigenvalue weighted by molar-refractivity contribution is 0.0696. The highest BCUT2D eigenvalue weighted by atomic mass is 32.2. The number of hydrogen-bond acceptors (Lipinski definition) is 7. The van der Waals surface area contributed by atoms with E-state index in [1.54, 1.807) is 32.0 Å². The Balaban J connectivity index is 0.00000124. The van der Waals surface area contributed by atoms with Crippen molar-refractivity contribution in [2.24, 2.45) is 10.1 Å². The lowest BCUT2D eigenvalue weighted by Gasteiger charge is -2.14. The van der Waals surface area contributed by atoms with E-state index in [2.05, 4.69) is 30.1 Å². The predicted octanol–water partition coefficient (Wildman–Crippen LogP) is 5.76. The Hall–Kier alpha value is -2.85. The maximum atomic E-state index is 11.3. The predicted molar refractivity (Wildman–Crippen MR) is 154 cm³/mol. The van der Waals surface area contributed by atoms with E-state index in [0.29, 0.717) is 18.8 Å². The quantitative estimate of drug-likeness (QED) is 0.124. The molecule has 8 nitrogen and oxygen atoms in total. The van der Waals surface area contributed by atoms with Crippen molar-refractivity contribution in [2.75, 3.05) is 33.4 Å². The highest BCUT2D eigenvalue weighted by Gasteiger charge is 2.14. The van der Waals surface area contributed by atoms with Gasteiger partial charge in [0.15, 0.2) is 0 Å². The monoisotopic (exact) mass is 533 g/mol. The van der Waals surface area contributed by atoms with Crippen molar-refractivity contribution in [3.05, 3.63) is 64.9 Å². The van der Waals surface area contributed by atoms with Crippen molar-refractivity contribution in [1.29, 1.82) is 0 Å². The number of hydrogen-bond donors (Lipinski definition) is 4. The van der Waals surface area contributed by atoms with E-state index in [-0.39, 0.29) is 17.2 Å². The van der Waals surface area contributed by atoms with Crippen LogP contribution in [0.4, 0.5) is 0 Å². The number of carboxylic acid groups (broad SMARTS) is 1. The second-order valence-electron chi connectivity index (χ2n) is 7.71. The molecule has 0 unspecified atom stereocenters. The van der Waals surface area contributed by atoms with Gasteiger partial charge in [-0.05, 0) is 75.3 Å². The lowest BCUT2D eigenvalue weighted by atomic mass is 9.98. The van der Waals surface area contributed by atoms with Crippen LogP contribution in [0.25, 0.3) is 11.1 Å². The summed E-state index contributed by atoms with van der Waals surface area (Å²) >= 11 is 1.20. The molecule has 0 heterocycles. The summed E-state index contributed by atoms with van der Waals surface area (Å²) < 4.78 is 9.84. The van der Waals surface area contributed by atoms with E-state index in [1.807, 2.05) is 31.2 Å². The van der Waals surface area contributed by atoms with Crippen molar-refractivity contribution in [2.45, 2.75) is 53.0 Å². The maximum absolute atomic E-state index is 11.3. The molecule has 5 N–H and O–H groups in total. The molecule has 0 aliphatic heterocycles. The number of aliphatic hydroxyl groups is 2. The topological polar surface area (TPSA) is 129 Å². The van der Waals surface area contributed by atoms with Crippen LogP contribution in [0.2, 0.25) is 0 Å². The molecule has 0 fully saturated rings. The van der Waals surface area contributed by atoms with Gasteiger partial charge in [0.25, 0.3) is 0 Å². The minimum atomic E-state index is -0.981. The number of aromatic carboxylic acids is 1. The number of benzene rings is 2. The molecule has 0 saturated heterocycles. The first-order valence-electron chi connectivity index (χ1n) is 12.3. The number of rotatable bonds is 11. The summed E-state index contributed by atoms with van der Waals surface area (Å²) in [6.45, 7) is 16.1. The Labute approximate surface area is 226 Å². The molecule has 2 rings (SSSR count). The van der Waals surface area contributed by atoms with Crippen LogP contribution in [-0.4, -0.2) is 65.4 Å². The smallest absolute Gasteiger partial charge is 0.335 e. The summed E-state index contributed by atoms with van der Waals surface area (Å²) in [7, 11) is 1.00. The highest BCUT2D eigenvalue weighted by molar-refractivity contribution is 7.98. The molecule has 9 heteroatoms. The van der Waals surface area contributed by atoms with E-state index in [4.69, 9.17) is 15.6 Å². The van der Waals surface area contributed by atoms with E-state index < -0.39 is 5.97 Å². The average molecular weight is 534 g/mol. The molecule has 0 radical (unpaired) electrons. The molecule has 0 spiro atoms. The fourth-order valence-corrected chi connectivity index (χ4v) is 3.86. The standard InChI is InChI=1S/C21H24N2O4S.C6H15N.CH4O/c1-4-27-12-16-11-15(21(25)26)9-10-17(16)18-7-5-6-8-19(18)28-23-20(22)13(2)14(3)24;1-4-7(5-2)6-3;1-2/h5-11,24H,4,12H2,1-3H3,(H2,22,23)(H,25,26);4-6H2,1-3H3;2H,1H3/b14-13-;;. The third kappa shape index (κ3) is 11.8. The minimum Gasteiger partial charge on any atom is -0.512 e. The summed E-state index contributed by atoms with van der Waals surface area (Å²) in [5.41, 5.74) is 9.23. The normalized spacial score (nSPS) is 11.6. The van der Waals surface area contributed by atoms with Crippen LogP contribution in [-0.2, 0) is 11.3 Å². The zero-order valence-electron chi connectivity index (χ0n) is 23.1. The van der Waals surface area contributed by atoms with Gasteiger partial charge in [0.05, 0.1) is 17.9 Å². The lowest BCUT2D eigenvalue weighted by Crippen LogP contribution is -2.21. The van der Waals surface area contributed by atoms with Crippen LogP contribution >= 0.6 is 11.9 Å². The molecule has 2 aromatic rings. The molecule has 0 saturated carbocycles. The summed E-state index contributed by atoms with van der Waals surface area (Å²) in [5, 5.41) is 25.8. The highest BCUT2D eigenvalue weighted by Crippen LogP contribution is 2.35. The Bertz CT molecular complexity index is 1010. The van der Waals surface area contributed by atoms with E-state index in [0.717, 1.165) is 28.7 Å². The van der Waals surface area contributed by atoms with Gasteiger partial charge in [0, 0.05) is 36.1 Å². The SMILES string of the molecule is CCN(CC)CC.CCOCc1cc(C(=O)O)ccc1-c1ccccc1S/N=C(N)\C(C)=C(\C)O.CO. The molecule has 206 valence electrons. The van der Waals surface area contributed by atoms with Crippen LogP contribution in [0.5, 0.6) is 0 Å². The van der Waals surface area contributed by atoms with Gasteiger partial charge in [-0.3, -0.25) is 0 Å². The summed E-state index contributed by atoms with van der Waals surface area (Å²) in [6, 6.07) is 12.7. The Morgan fingerprint density at radius 1 is 0.973 bits per heavy atom. The van der Waals surface area contributed by atoms with Gasteiger partial charge < -0.3 is 30.7 Å². The van der Waals surface area contributed by atoms with Crippen LogP contribution in [0.3, 0.4) is 0 Å². The molecule has 0 aliphatic carbocycles.